The van der Waals surface area contributed by atoms with Crippen LogP contribution < -0.4 is 5.32 Å². The predicted molar refractivity (Wildman–Crippen MR) is 80.8 cm³/mol. The first-order chi connectivity index (χ1) is 8.65. The van der Waals surface area contributed by atoms with E-state index in [2.05, 4.69) is 42.1 Å². The Kier molecular flexibility index (Phi) is 5.21. The van der Waals surface area contributed by atoms with Crippen molar-refractivity contribution in [3.8, 4) is 0 Å². The van der Waals surface area contributed by atoms with Crippen LogP contribution in [-0.2, 0) is 4.79 Å². The zero-order valence-corrected chi connectivity index (χ0v) is 13.3. The molecule has 0 aromatic heterocycles. The van der Waals surface area contributed by atoms with E-state index in [-0.39, 0.29) is 5.91 Å². The van der Waals surface area contributed by atoms with Gasteiger partial charge in [0, 0.05) is 8.95 Å². The summed E-state index contributed by atoms with van der Waals surface area (Å²) in [6.45, 7) is 2.55. The monoisotopic (exact) mass is 374 g/mol. The number of anilines is 1. The Morgan fingerprint density at radius 1 is 1.22 bits per heavy atom. The molecule has 0 spiro atoms. The molecular formula is C13H16Br2N2O. The quantitative estimate of drug-likeness (QED) is 0.874. The fourth-order valence-electron chi connectivity index (χ4n) is 2.10. The van der Waals surface area contributed by atoms with Crippen molar-refractivity contribution in [2.24, 2.45) is 0 Å². The van der Waals surface area contributed by atoms with E-state index in [4.69, 9.17) is 0 Å². The summed E-state index contributed by atoms with van der Waals surface area (Å²) < 4.78 is 1.86. The van der Waals surface area contributed by atoms with Gasteiger partial charge in [0.25, 0.3) is 0 Å². The van der Waals surface area contributed by atoms with Crippen LogP contribution >= 0.6 is 31.9 Å². The fraction of sp³-hybridized carbons (Fsp3) is 0.462. The number of carbonyl (C=O) groups excluding carboxylic acids is 1. The number of hydrogen-bond donors (Lipinski definition) is 1. The number of hydrogen-bond acceptors (Lipinski definition) is 2. The number of nitrogens with zero attached hydrogens (tertiary/aromatic N) is 1. The molecule has 1 fully saturated rings. The Morgan fingerprint density at radius 3 is 2.67 bits per heavy atom. The zero-order chi connectivity index (χ0) is 13.0. The third-order valence-electron chi connectivity index (χ3n) is 3.02. The highest BCUT2D eigenvalue weighted by molar-refractivity contribution is 9.11. The first-order valence-electron chi connectivity index (χ1n) is 6.12. The number of halogens is 2. The molecule has 1 amide bonds. The largest absolute Gasteiger partial charge is 0.324 e. The molecule has 1 aliphatic heterocycles. The van der Waals surface area contributed by atoms with Gasteiger partial charge in [-0.15, -0.1) is 0 Å². The number of benzene rings is 1. The summed E-state index contributed by atoms with van der Waals surface area (Å²) in [5.41, 5.74) is 0.811. The van der Waals surface area contributed by atoms with Crippen LogP contribution in [0.15, 0.2) is 27.1 Å². The van der Waals surface area contributed by atoms with Crippen molar-refractivity contribution in [3.63, 3.8) is 0 Å². The van der Waals surface area contributed by atoms with E-state index in [1.54, 1.807) is 0 Å². The van der Waals surface area contributed by atoms with Gasteiger partial charge in [0.15, 0.2) is 0 Å². The minimum Gasteiger partial charge on any atom is -0.324 e. The Morgan fingerprint density at radius 2 is 1.94 bits per heavy atom. The average molecular weight is 376 g/mol. The van der Waals surface area contributed by atoms with E-state index in [1.807, 2.05) is 18.2 Å². The van der Waals surface area contributed by atoms with Gasteiger partial charge in [-0.1, -0.05) is 22.4 Å². The van der Waals surface area contributed by atoms with Crippen molar-refractivity contribution in [1.29, 1.82) is 0 Å². The van der Waals surface area contributed by atoms with Gasteiger partial charge < -0.3 is 5.32 Å². The molecule has 0 radical (unpaired) electrons. The average Bonchev–Trinajstić information content (AvgIpc) is 2.35. The van der Waals surface area contributed by atoms with Crippen LogP contribution in [-0.4, -0.2) is 30.4 Å². The van der Waals surface area contributed by atoms with Crippen LogP contribution in [0.1, 0.15) is 19.3 Å². The van der Waals surface area contributed by atoms with Gasteiger partial charge in [0.05, 0.1) is 12.2 Å². The van der Waals surface area contributed by atoms with E-state index in [0.717, 1.165) is 27.7 Å². The minimum atomic E-state index is 0.0516. The molecule has 18 heavy (non-hydrogen) atoms. The van der Waals surface area contributed by atoms with Gasteiger partial charge in [0.2, 0.25) is 5.91 Å². The zero-order valence-electron chi connectivity index (χ0n) is 10.1. The molecule has 0 saturated carbocycles. The molecule has 5 heteroatoms. The molecule has 1 aliphatic rings. The molecule has 98 valence electrons. The molecular weight excluding hydrogens is 360 g/mol. The number of likely N-dealkylation sites (tertiary alicyclic amines) is 1. The lowest BCUT2D eigenvalue weighted by Gasteiger charge is -2.25. The van der Waals surface area contributed by atoms with Gasteiger partial charge in [-0.3, -0.25) is 9.69 Å². The molecule has 0 bridgehead atoms. The van der Waals surface area contributed by atoms with E-state index >= 15 is 0 Å². The van der Waals surface area contributed by atoms with Crippen LogP contribution in [0.3, 0.4) is 0 Å². The standard InChI is InChI=1S/C13H16Br2N2O/c14-10-4-5-11(15)12(8-10)16-13(18)9-17-6-2-1-3-7-17/h4-5,8H,1-3,6-7,9H2,(H,16,18). The lowest BCUT2D eigenvalue weighted by Crippen LogP contribution is -2.36. The molecule has 0 unspecified atom stereocenters. The molecule has 0 atom stereocenters. The van der Waals surface area contributed by atoms with Crippen molar-refractivity contribution in [2.45, 2.75) is 19.3 Å². The summed E-state index contributed by atoms with van der Waals surface area (Å²) in [7, 11) is 0. The van der Waals surface area contributed by atoms with E-state index in [0.29, 0.717) is 6.54 Å². The number of amides is 1. The molecule has 1 N–H and O–H groups in total. The molecule has 1 aromatic carbocycles. The Balaban J connectivity index is 1.92. The fourth-order valence-corrected chi connectivity index (χ4v) is 2.81. The summed E-state index contributed by atoms with van der Waals surface area (Å²) in [6, 6.07) is 5.75. The second-order valence-electron chi connectivity index (χ2n) is 4.51. The number of piperidine rings is 1. The first-order valence-corrected chi connectivity index (χ1v) is 7.71. The maximum atomic E-state index is 12.0. The highest BCUT2D eigenvalue weighted by atomic mass is 79.9. The van der Waals surface area contributed by atoms with Crippen molar-refractivity contribution in [1.82, 2.24) is 4.90 Å². The van der Waals surface area contributed by atoms with Crippen molar-refractivity contribution in [3.05, 3.63) is 27.1 Å². The lowest BCUT2D eigenvalue weighted by atomic mass is 10.1. The molecule has 1 aromatic rings. The first kappa shape index (κ1) is 14.0. The second kappa shape index (κ2) is 6.68. The Labute approximate surface area is 124 Å². The summed E-state index contributed by atoms with van der Waals surface area (Å²) in [5, 5.41) is 2.94. The van der Waals surface area contributed by atoms with Crippen molar-refractivity contribution >= 4 is 43.5 Å². The third kappa shape index (κ3) is 4.07. The maximum absolute atomic E-state index is 12.0. The number of nitrogens with one attached hydrogen (secondary N) is 1. The molecule has 1 saturated heterocycles. The SMILES string of the molecule is O=C(CN1CCCCC1)Nc1cc(Br)ccc1Br. The smallest absolute Gasteiger partial charge is 0.238 e. The van der Waals surface area contributed by atoms with Crippen molar-refractivity contribution < 1.29 is 4.79 Å². The van der Waals surface area contributed by atoms with Crippen LogP contribution in [0.4, 0.5) is 5.69 Å². The van der Waals surface area contributed by atoms with Crippen LogP contribution in [0, 0.1) is 0 Å². The number of rotatable bonds is 3. The van der Waals surface area contributed by atoms with Crippen LogP contribution in [0.5, 0.6) is 0 Å². The second-order valence-corrected chi connectivity index (χ2v) is 6.28. The third-order valence-corrected chi connectivity index (χ3v) is 4.20. The van der Waals surface area contributed by atoms with Gasteiger partial charge >= 0.3 is 0 Å². The topological polar surface area (TPSA) is 32.3 Å². The van der Waals surface area contributed by atoms with Crippen LogP contribution in [0.2, 0.25) is 0 Å². The summed E-state index contributed by atoms with van der Waals surface area (Å²) >= 11 is 6.84. The maximum Gasteiger partial charge on any atom is 0.238 e. The molecule has 1 heterocycles. The van der Waals surface area contributed by atoms with Gasteiger partial charge in [-0.25, -0.2) is 0 Å². The Bertz CT molecular complexity index is 431. The van der Waals surface area contributed by atoms with E-state index in [9.17, 15) is 4.79 Å². The molecule has 3 nitrogen and oxygen atoms in total. The predicted octanol–water partition coefficient (Wildman–Crippen LogP) is 3.64. The minimum absolute atomic E-state index is 0.0516. The summed E-state index contributed by atoms with van der Waals surface area (Å²) in [6.07, 6.45) is 3.69. The lowest BCUT2D eigenvalue weighted by molar-refractivity contribution is -0.117. The number of carbonyl (C=O) groups is 1. The molecule has 2 rings (SSSR count). The Hall–Kier alpha value is -0.390. The highest BCUT2D eigenvalue weighted by Gasteiger charge is 2.14. The normalized spacial score (nSPS) is 16.6. The van der Waals surface area contributed by atoms with Crippen molar-refractivity contribution in [2.75, 3.05) is 25.0 Å². The summed E-state index contributed by atoms with van der Waals surface area (Å²) in [5.74, 6) is 0.0516. The van der Waals surface area contributed by atoms with E-state index < -0.39 is 0 Å². The van der Waals surface area contributed by atoms with E-state index in [1.165, 1.54) is 19.3 Å². The van der Waals surface area contributed by atoms with Gasteiger partial charge in [-0.05, 0) is 60.1 Å². The summed E-state index contributed by atoms with van der Waals surface area (Å²) in [4.78, 5) is 14.2. The molecule has 0 aliphatic carbocycles. The van der Waals surface area contributed by atoms with Gasteiger partial charge in [0.1, 0.15) is 0 Å². The van der Waals surface area contributed by atoms with Gasteiger partial charge in [-0.2, -0.15) is 0 Å². The van der Waals surface area contributed by atoms with Crippen LogP contribution in [0.25, 0.3) is 0 Å². The highest BCUT2D eigenvalue weighted by Crippen LogP contribution is 2.26.